The normalized spacial score (nSPS) is 10.7. The molecule has 0 saturated heterocycles. The highest BCUT2D eigenvalue weighted by Gasteiger charge is 2.24. The second-order valence-electron chi connectivity index (χ2n) is 7.65. The third-order valence-corrected chi connectivity index (χ3v) is 5.34. The average molecular weight is 419 g/mol. The first-order valence-corrected chi connectivity index (χ1v) is 10.7. The molecule has 0 fully saturated rings. The molecule has 1 N–H and O–H groups in total. The number of carbonyl (C=O) groups is 2. The van der Waals surface area contributed by atoms with E-state index in [1.807, 2.05) is 56.3 Å². The van der Waals surface area contributed by atoms with Crippen molar-refractivity contribution in [1.82, 2.24) is 20.0 Å². The van der Waals surface area contributed by atoms with Crippen LogP contribution in [0.4, 0.5) is 0 Å². The molecule has 31 heavy (non-hydrogen) atoms. The van der Waals surface area contributed by atoms with Gasteiger partial charge in [-0.3, -0.25) is 14.3 Å². The maximum absolute atomic E-state index is 13.4. The molecule has 0 bridgehead atoms. The molecular formula is C25H30N4O2. The van der Waals surface area contributed by atoms with Gasteiger partial charge >= 0.3 is 0 Å². The second-order valence-corrected chi connectivity index (χ2v) is 7.65. The van der Waals surface area contributed by atoms with Gasteiger partial charge in [0.1, 0.15) is 5.69 Å². The zero-order chi connectivity index (χ0) is 22.4. The third-order valence-electron chi connectivity index (χ3n) is 5.34. The van der Waals surface area contributed by atoms with Gasteiger partial charge in [-0.05, 0) is 50.5 Å². The van der Waals surface area contributed by atoms with Crippen LogP contribution in [0.15, 0.2) is 54.7 Å². The second kappa shape index (κ2) is 10.1. The lowest BCUT2D eigenvalue weighted by Gasteiger charge is -2.20. The Bertz CT molecular complexity index is 1060. The Balaban J connectivity index is 2.00. The molecule has 0 radical (unpaired) electrons. The molecule has 0 aliphatic rings. The van der Waals surface area contributed by atoms with Crippen molar-refractivity contribution in [2.45, 2.75) is 34.2 Å². The van der Waals surface area contributed by atoms with E-state index in [0.717, 1.165) is 16.7 Å². The molecular weight excluding hydrogens is 388 g/mol. The highest BCUT2D eigenvalue weighted by Crippen LogP contribution is 2.26. The number of carbonyl (C=O) groups excluding carboxylic acids is 2. The minimum Gasteiger partial charge on any atom is -0.355 e. The fourth-order valence-electron chi connectivity index (χ4n) is 3.46. The fraction of sp³-hybridized carbons (Fsp3) is 0.320. The summed E-state index contributed by atoms with van der Waals surface area (Å²) in [5, 5.41) is 7.53. The van der Waals surface area contributed by atoms with E-state index < -0.39 is 0 Å². The third kappa shape index (κ3) is 5.40. The lowest BCUT2D eigenvalue weighted by atomic mass is 10.0. The number of aromatic nitrogens is 2. The van der Waals surface area contributed by atoms with Crippen molar-refractivity contribution in [3.8, 4) is 11.3 Å². The summed E-state index contributed by atoms with van der Waals surface area (Å²) < 4.78 is 1.80. The summed E-state index contributed by atoms with van der Waals surface area (Å²) in [6.07, 6.45) is 1.79. The summed E-state index contributed by atoms with van der Waals surface area (Å²) >= 11 is 0. The molecule has 2 amide bonds. The zero-order valence-electron chi connectivity index (χ0n) is 18.7. The summed E-state index contributed by atoms with van der Waals surface area (Å²) in [5.41, 5.74) is 5.47. The van der Waals surface area contributed by atoms with Crippen molar-refractivity contribution in [2.75, 3.05) is 19.6 Å². The molecule has 162 valence electrons. The van der Waals surface area contributed by atoms with Gasteiger partial charge in [0, 0.05) is 24.8 Å². The van der Waals surface area contributed by atoms with Crippen molar-refractivity contribution in [3.05, 3.63) is 77.0 Å². The van der Waals surface area contributed by atoms with Crippen LogP contribution in [0.25, 0.3) is 11.3 Å². The van der Waals surface area contributed by atoms with E-state index in [-0.39, 0.29) is 18.4 Å². The molecule has 0 aliphatic carbocycles. The van der Waals surface area contributed by atoms with Gasteiger partial charge in [-0.1, -0.05) is 42.5 Å². The Morgan fingerprint density at radius 1 is 1.03 bits per heavy atom. The fourth-order valence-corrected chi connectivity index (χ4v) is 3.46. The van der Waals surface area contributed by atoms with Crippen LogP contribution in [-0.4, -0.2) is 46.1 Å². The van der Waals surface area contributed by atoms with Gasteiger partial charge in [-0.15, -0.1) is 0 Å². The number of benzene rings is 2. The Morgan fingerprint density at radius 3 is 2.42 bits per heavy atom. The quantitative estimate of drug-likeness (QED) is 0.605. The van der Waals surface area contributed by atoms with Crippen molar-refractivity contribution in [1.29, 1.82) is 0 Å². The lowest BCUT2D eigenvalue weighted by Crippen LogP contribution is -2.40. The van der Waals surface area contributed by atoms with Crippen LogP contribution in [-0.2, 0) is 11.3 Å². The molecule has 2 aromatic carbocycles. The standard InChI is InChI=1S/C25H30N4O2/c1-5-26-23(30)17-28(6-2)25(31)22-16-29(15-20-10-8-7-9-11-20)27-24(22)21-13-12-18(3)19(4)14-21/h7-14,16H,5-6,15,17H2,1-4H3,(H,26,30). The largest absolute Gasteiger partial charge is 0.355 e. The number of nitrogens with zero attached hydrogens (tertiary/aromatic N) is 3. The molecule has 0 aliphatic heterocycles. The van der Waals surface area contributed by atoms with E-state index in [1.54, 1.807) is 15.8 Å². The predicted molar refractivity (Wildman–Crippen MR) is 123 cm³/mol. The van der Waals surface area contributed by atoms with Gasteiger partial charge < -0.3 is 10.2 Å². The first-order valence-electron chi connectivity index (χ1n) is 10.7. The van der Waals surface area contributed by atoms with Crippen molar-refractivity contribution < 1.29 is 9.59 Å². The Labute approximate surface area is 183 Å². The van der Waals surface area contributed by atoms with Crippen LogP contribution in [0.3, 0.4) is 0 Å². The van der Waals surface area contributed by atoms with Crippen molar-refractivity contribution in [2.24, 2.45) is 0 Å². The molecule has 0 spiro atoms. The van der Waals surface area contributed by atoms with Gasteiger partial charge in [0.2, 0.25) is 5.91 Å². The monoisotopic (exact) mass is 418 g/mol. The average Bonchev–Trinajstić information content (AvgIpc) is 3.18. The van der Waals surface area contributed by atoms with E-state index >= 15 is 0 Å². The number of likely N-dealkylation sites (N-methyl/N-ethyl adjacent to an activating group) is 2. The first-order chi connectivity index (χ1) is 14.9. The van der Waals surface area contributed by atoms with Crippen LogP contribution in [0.1, 0.15) is 40.9 Å². The molecule has 6 nitrogen and oxygen atoms in total. The van der Waals surface area contributed by atoms with Gasteiger partial charge in [0.15, 0.2) is 0 Å². The lowest BCUT2D eigenvalue weighted by molar-refractivity contribution is -0.121. The summed E-state index contributed by atoms with van der Waals surface area (Å²) in [6.45, 7) is 9.41. The summed E-state index contributed by atoms with van der Waals surface area (Å²) in [7, 11) is 0. The molecule has 0 saturated carbocycles. The minimum atomic E-state index is -0.193. The van der Waals surface area contributed by atoms with Gasteiger partial charge in [0.25, 0.3) is 5.91 Å². The zero-order valence-corrected chi connectivity index (χ0v) is 18.7. The van der Waals surface area contributed by atoms with Crippen LogP contribution in [0, 0.1) is 13.8 Å². The summed E-state index contributed by atoms with van der Waals surface area (Å²) in [5.74, 6) is -0.358. The molecule has 3 aromatic rings. The van der Waals surface area contributed by atoms with E-state index in [2.05, 4.69) is 25.2 Å². The van der Waals surface area contributed by atoms with Crippen molar-refractivity contribution in [3.63, 3.8) is 0 Å². The SMILES string of the molecule is CCNC(=O)CN(CC)C(=O)c1cn(Cc2ccccc2)nc1-c1ccc(C)c(C)c1. The Morgan fingerprint density at radius 2 is 1.77 bits per heavy atom. The van der Waals surface area contributed by atoms with Crippen LogP contribution < -0.4 is 5.32 Å². The van der Waals surface area contributed by atoms with Crippen LogP contribution in [0.5, 0.6) is 0 Å². The molecule has 1 heterocycles. The first kappa shape index (κ1) is 22.3. The number of amides is 2. The molecule has 3 rings (SSSR count). The van der Waals surface area contributed by atoms with Crippen LogP contribution >= 0.6 is 0 Å². The highest BCUT2D eigenvalue weighted by atomic mass is 16.2. The highest BCUT2D eigenvalue weighted by molar-refractivity contribution is 6.01. The maximum atomic E-state index is 13.4. The number of aryl methyl sites for hydroxylation is 2. The number of hydrogen-bond donors (Lipinski definition) is 1. The van der Waals surface area contributed by atoms with E-state index in [4.69, 9.17) is 5.10 Å². The number of hydrogen-bond acceptors (Lipinski definition) is 3. The molecule has 6 heteroatoms. The van der Waals surface area contributed by atoms with E-state index in [0.29, 0.717) is 30.9 Å². The number of rotatable bonds is 8. The molecule has 0 unspecified atom stereocenters. The van der Waals surface area contributed by atoms with Crippen LogP contribution in [0.2, 0.25) is 0 Å². The summed E-state index contributed by atoms with van der Waals surface area (Å²) in [6, 6.07) is 16.1. The van der Waals surface area contributed by atoms with E-state index in [1.165, 1.54) is 5.56 Å². The Kier molecular flexibility index (Phi) is 7.23. The molecule has 1 aromatic heterocycles. The van der Waals surface area contributed by atoms with Gasteiger partial charge in [-0.2, -0.15) is 5.10 Å². The van der Waals surface area contributed by atoms with Gasteiger partial charge in [0.05, 0.1) is 18.7 Å². The minimum absolute atomic E-state index is 0.0272. The van der Waals surface area contributed by atoms with Gasteiger partial charge in [-0.25, -0.2) is 0 Å². The molecule has 0 atom stereocenters. The topological polar surface area (TPSA) is 67.2 Å². The van der Waals surface area contributed by atoms with E-state index in [9.17, 15) is 9.59 Å². The van der Waals surface area contributed by atoms with Crippen molar-refractivity contribution >= 4 is 11.8 Å². The predicted octanol–water partition coefficient (Wildman–Crippen LogP) is 3.81. The summed E-state index contributed by atoms with van der Waals surface area (Å²) in [4.78, 5) is 27.1. The smallest absolute Gasteiger partial charge is 0.258 e. The number of nitrogens with one attached hydrogen (secondary N) is 1. The maximum Gasteiger partial charge on any atom is 0.258 e. The Hall–Kier alpha value is -3.41.